The van der Waals surface area contributed by atoms with Crippen LogP contribution in [0.2, 0.25) is 0 Å². The lowest BCUT2D eigenvalue weighted by molar-refractivity contribution is -0.138. The van der Waals surface area contributed by atoms with Crippen molar-refractivity contribution in [2.75, 3.05) is 26.2 Å². The second-order valence-electron chi connectivity index (χ2n) is 6.72. The minimum Gasteiger partial charge on any atom is -0.342 e. The molecule has 0 aromatic heterocycles. The zero-order valence-corrected chi connectivity index (χ0v) is 15.7. The molecule has 0 radical (unpaired) electrons. The summed E-state index contributed by atoms with van der Waals surface area (Å²) in [6.07, 6.45) is 4.06. The number of carbonyl (C=O) groups excluding carboxylic acids is 1. The van der Waals surface area contributed by atoms with E-state index in [0.29, 0.717) is 5.91 Å². The molecule has 0 spiro atoms. The van der Waals surface area contributed by atoms with E-state index in [0.717, 1.165) is 58.4 Å². The molecule has 0 saturated carbocycles. The smallest absolute Gasteiger partial charge is 0.226 e. The van der Waals surface area contributed by atoms with E-state index in [2.05, 4.69) is 29.2 Å². The molecule has 2 aliphatic heterocycles. The highest BCUT2D eigenvalue weighted by Crippen LogP contribution is 2.22. The summed E-state index contributed by atoms with van der Waals surface area (Å²) in [7, 11) is 0. The normalized spacial score (nSPS) is 22.4. The van der Waals surface area contributed by atoms with Gasteiger partial charge in [-0.2, -0.15) is 0 Å². The topological polar surface area (TPSA) is 49.6 Å². The lowest BCUT2D eigenvalue weighted by Gasteiger charge is -2.37. The highest BCUT2D eigenvalue weighted by Gasteiger charge is 2.30. The fourth-order valence-corrected chi connectivity index (χ4v) is 3.62. The van der Waals surface area contributed by atoms with Gasteiger partial charge in [0.15, 0.2) is 0 Å². The lowest BCUT2D eigenvalue weighted by Crippen LogP contribution is -2.48. The number of nitrogens with two attached hydrogens (primary N) is 1. The van der Waals surface area contributed by atoms with Crippen molar-refractivity contribution in [3.63, 3.8) is 0 Å². The van der Waals surface area contributed by atoms with Gasteiger partial charge in [-0.1, -0.05) is 30.3 Å². The number of rotatable bonds is 3. The number of amides is 1. The number of carbonyl (C=O) groups is 1. The lowest BCUT2D eigenvalue weighted by atomic mass is 9.94. The van der Waals surface area contributed by atoms with E-state index in [1.807, 2.05) is 11.0 Å². The van der Waals surface area contributed by atoms with Gasteiger partial charge < -0.3 is 10.6 Å². The number of benzene rings is 1. The van der Waals surface area contributed by atoms with Crippen LogP contribution in [0.15, 0.2) is 30.3 Å². The van der Waals surface area contributed by atoms with Crippen molar-refractivity contribution in [1.29, 1.82) is 0 Å². The molecule has 2 saturated heterocycles. The Morgan fingerprint density at radius 3 is 2.38 bits per heavy atom. The van der Waals surface area contributed by atoms with Crippen LogP contribution in [-0.4, -0.2) is 47.9 Å². The molecule has 2 fully saturated rings. The molecule has 1 aromatic rings. The second kappa shape index (κ2) is 10.2. The van der Waals surface area contributed by atoms with Crippen molar-refractivity contribution >= 4 is 30.7 Å². The average molecular weight is 374 g/mol. The first-order chi connectivity index (χ1) is 10.7. The molecule has 6 heteroatoms. The van der Waals surface area contributed by atoms with E-state index in [1.54, 1.807) is 0 Å². The molecular formula is C18H29Cl2N3O. The van der Waals surface area contributed by atoms with Crippen molar-refractivity contribution in [3.05, 3.63) is 35.9 Å². The van der Waals surface area contributed by atoms with Crippen molar-refractivity contribution in [2.24, 2.45) is 11.7 Å². The van der Waals surface area contributed by atoms with Gasteiger partial charge in [-0.3, -0.25) is 9.69 Å². The van der Waals surface area contributed by atoms with Crippen LogP contribution in [0.3, 0.4) is 0 Å². The summed E-state index contributed by atoms with van der Waals surface area (Å²) in [6, 6.07) is 10.8. The molecule has 4 nitrogen and oxygen atoms in total. The third-order valence-electron chi connectivity index (χ3n) is 4.96. The summed E-state index contributed by atoms with van der Waals surface area (Å²) in [5.41, 5.74) is 7.27. The zero-order chi connectivity index (χ0) is 15.4. The highest BCUT2D eigenvalue weighted by molar-refractivity contribution is 5.85. The Balaban J connectivity index is 0.00000144. The minimum absolute atomic E-state index is 0. The minimum atomic E-state index is 0. The maximum absolute atomic E-state index is 12.7. The summed E-state index contributed by atoms with van der Waals surface area (Å²) in [4.78, 5) is 17.2. The molecule has 136 valence electrons. The highest BCUT2D eigenvalue weighted by atomic mass is 35.5. The van der Waals surface area contributed by atoms with Crippen LogP contribution in [0.25, 0.3) is 0 Å². The maximum atomic E-state index is 12.7. The molecule has 2 N–H and O–H groups in total. The van der Waals surface area contributed by atoms with E-state index in [9.17, 15) is 4.79 Å². The maximum Gasteiger partial charge on any atom is 0.226 e. The van der Waals surface area contributed by atoms with Crippen LogP contribution in [0.4, 0.5) is 0 Å². The second-order valence-corrected chi connectivity index (χ2v) is 6.72. The molecule has 3 rings (SSSR count). The Labute approximate surface area is 157 Å². The van der Waals surface area contributed by atoms with E-state index in [-0.39, 0.29) is 36.8 Å². The van der Waals surface area contributed by atoms with Crippen molar-refractivity contribution < 1.29 is 4.79 Å². The molecular weight excluding hydrogens is 345 g/mol. The number of nitrogens with zero attached hydrogens (tertiary/aromatic N) is 2. The molecule has 0 bridgehead atoms. The molecule has 2 heterocycles. The summed E-state index contributed by atoms with van der Waals surface area (Å²) < 4.78 is 0. The first-order valence-corrected chi connectivity index (χ1v) is 8.53. The summed E-state index contributed by atoms with van der Waals surface area (Å²) in [5.74, 6) is 0.524. The van der Waals surface area contributed by atoms with Crippen LogP contribution >= 0.6 is 24.8 Å². The van der Waals surface area contributed by atoms with Gasteiger partial charge in [0.05, 0.1) is 5.92 Å². The molecule has 2 aliphatic rings. The van der Waals surface area contributed by atoms with Gasteiger partial charge >= 0.3 is 0 Å². The largest absolute Gasteiger partial charge is 0.342 e. The number of hydrogen-bond acceptors (Lipinski definition) is 3. The molecule has 1 amide bonds. The van der Waals surface area contributed by atoms with Gasteiger partial charge in [-0.05, 0) is 37.8 Å². The predicted octanol–water partition coefficient (Wildman–Crippen LogP) is 2.69. The third kappa shape index (κ3) is 5.62. The van der Waals surface area contributed by atoms with E-state index in [1.165, 1.54) is 5.56 Å². The Kier molecular flexibility index (Phi) is 9.06. The zero-order valence-electron chi connectivity index (χ0n) is 14.1. The van der Waals surface area contributed by atoms with Gasteiger partial charge in [0.2, 0.25) is 5.91 Å². The monoisotopic (exact) mass is 373 g/mol. The Morgan fingerprint density at radius 1 is 1.04 bits per heavy atom. The quantitative estimate of drug-likeness (QED) is 0.885. The molecule has 1 unspecified atom stereocenters. The SMILES string of the molecule is Cl.Cl.NC1CCN(C(=O)C2CCCN(Cc3ccccc3)C2)CC1. The van der Waals surface area contributed by atoms with E-state index in [4.69, 9.17) is 5.73 Å². The Morgan fingerprint density at radius 2 is 1.71 bits per heavy atom. The fourth-order valence-electron chi connectivity index (χ4n) is 3.62. The van der Waals surface area contributed by atoms with E-state index < -0.39 is 0 Å². The van der Waals surface area contributed by atoms with Gasteiger partial charge in [-0.15, -0.1) is 24.8 Å². The van der Waals surface area contributed by atoms with Crippen molar-refractivity contribution in [1.82, 2.24) is 9.80 Å². The number of hydrogen-bond donors (Lipinski definition) is 1. The Hall–Kier alpha value is -0.810. The van der Waals surface area contributed by atoms with Crippen LogP contribution in [0, 0.1) is 5.92 Å². The third-order valence-corrected chi connectivity index (χ3v) is 4.96. The predicted molar refractivity (Wildman–Crippen MR) is 103 cm³/mol. The number of piperidine rings is 2. The standard InChI is InChI=1S/C18H27N3O.2ClH/c19-17-8-11-21(12-9-17)18(22)16-7-4-10-20(14-16)13-15-5-2-1-3-6-15;;/h1-3,5-6,16-17H,4,7-14,19H2;2*1H. The molecule has 1 aromatic carbocycles. The van der Waals surface area contributed by atoms with Crippen molar-refractivity contribution in [2.45, 2.75) is 38.3 Å². The summed E-state index contributed by atoms with van der Waals surface area (Å²) in [6.45, 7) is 4.64. The van der Waals surface area contributed by atoms with Crippen molar-refractivity contribution in [3.8, 4) is 0 Å². The van der Waals surface area contributed by atoms with Crippen LogP contribution in [0.1, 0.15) is 31.2 Å². The molecule has 24 heavy (non-hydrogen) atoms. The molecule has 0 aliphatic carbocycles. The van der Waals surface area contributed by atoms with Gasteiger partial charge in [0.25, 0.3) is 0 Å². The van der Waals surface area contributed by atoms with E-state index >= 15 is 0 Å². The fraction of sp³-hybridized carbons (Fsp3) is 0.611. The summed E-state index contributed by atoms with van der Waals surface area (Å²) in [5, 5.41) is 0. The van der Waals surface area contributed by atoms with Gasteiger partial charge in [-0.25, -0.2) is 0 Å². The molecule has 1 atom stereocenters. The summed E-state index contributed by atoms with van der Waals surface area (Å²) >= 11 is 0. The van der Waals surface area contributed by atoms with Crippen LogP contribution < -0.4 is 5.73 Å². The Bertz CT molecular complexity index is 492. The number of likely N-dealkylation sites (tertiary alicyclic amines) is 2. The van der Waals surface area contributed by atoms with Gasteiger partial charge in [0, 0.05) is 32.2 Å². The average Bonchev–Trinajstić information content (AvgIpc) is 2.56. The van der Waals surface area contributed by atoms with Crippen LogP contribution in [-0.2, 0) is 11.3 Å². The van der Waals surface area contributed by atoms with Gasteiger partial charge in [0.1, 0.15) is 0 Å². The first-order valence-electron chi connectivity index (χ1n) is 8.53. The van der Waals surface area contributed by atoms with Crippen LogP contribution in [0.5, 0.6) is 0 Å². The first kappa shape index (κ1) is 21.2. The number of halogens is 2.